The first-order valence-corrected chi connectivity index (χ1v) is 10.0. The summed E-state index contributed by atoms with van der Waals surface area (Å²) in [5.41, 5.74) is 0.340. The van der Waals surface area contributed by atoms with Crippen LogP contribution in [0, 0.1) is 23.2 Å². The largest absolute Gasteiger partial charge is 0.476 e. The van der Waals surface area contributed by atoms with E-state index < -0.39 is 5.97 Å². The van der Waals surface area contributed by atoms with Crippen LogP contribution < -0.4 is 5.32 Å². The predicted octanol–water partition coefficient (Wildman–Crippen LogP) is 3.08. The standard InChI is InChI=1S/C20H29N3O3/c1-2-17(20-10-13-7-14(11-20)9-15(8-13)12-20)21-18(24)4-6-23-5-3-16(22-23)19(25)26/h3,5,13-15,17H,2,4,6-12H2,1H3,(H,21,24)(H,25,26). The van der Waals surface area contributed by atoms with Crippen molar-refractivity contribution in [3.05, 3.63) is 18.0 Å². The van der Waals surface area contributed by atoms with Crippen molar-refractivity contribution in [2.75, 3.05) is 0 Å². The van der Waals surface area contributed by atoms with Gasteiger partial charge >= 0.3 is 5.97 Å². The molecule has 4 saturated carbocycles. The molecule has 4 fully saturated rings. The van der Waals surface area contributed by atoms with Gasteiger partial charge in [0.25, 0.3) is 0 Å². The van der Waals surface area contributed by atoms with Crippen LogP contribution in [0.2, 0.25) is 0 Å². The van der Waals surface area contributed by atoms with Gasteiger partial charge in [-0.3, -0.25) is 9.48 Å². The normalized spacial score (nSPS) is 33.2. The molecule has 4 aliphatic carbocycles. The molecule has 4 bridgehead atoms. The maximum atomic E-state index is 12.6. The molecule has 0 radical (unpaired) electrons. The number of carboxylic acid groups (broad SMARTS) is 1. The van der Waals surface area contributed by atoms with Crippen molar-refractivity contribution >= 4 is 11.9 Å². The Balaban J connectivity index is 1.36. The van der Waals surface area contributed by atoms with Crippen molar-refractivity contribution in [3.8, 4) is 0 Å². The minimum atomic E-state index is -1.04. The zero-order chi connectivity index (χ0) is 18.3. The van der Waals surface area contributed by atoms with Gasteiger partial charge in [0.2, 0.25) is 5.91 Å². The SMILES string of the molecule is CCC(NC(=O)CCn1ccc(C(=O)O)n1)C12CC3CC(CC(C3)C1)C2. The van der Waals surface area contributed by atoms with Gasteiger partial charge in [-0.05, 0) is 74.2 Å². The zero-order valence-electron chi connectivity index (χ0n) is 15.5. The molecule has 6 heteroatoms. The van der Waals surface area contributed by atoms with Crippen molar-refractivity contribution in [3.63, 3.8) is 0 Å². The third-order valence-electron chi connectivity index (χ3n) is 7.00. The molecule has 1 heterocycles. The highest BCUT2D eigenvalue weighted by atomic mass is 16.4. The number of carbonyl (C=O) groups is 2. The fraction of sp³-hybridized carbons (Fsp3) is 0.750. The lowest BCUT2D eigenvalue weighted by molar-refractivity contribution is -0.126. The summed E-state index contributed by atoms with van der Waals surface area (Å²) in [4.78, 5) is 23.4. The molecule has 0 saturated heterocycles. The van der Waals surface area contributed by atoms with Crippen molar-refractivity contribution in [1.29, 1.82) is 0 Å². The summed E-state index contributed by atoms with van der Waals surface area (Å²) >= 11 is 0. The molecule has 6 nitrogen and oxygen atoms in total. The summed E-state index contributed by atoms with van der Waals surface area (Å²) in [6.45, 7) is 2.60. The molecule has 2 N–H and O–H groups in total. The number of carbonyl (C=O) groups excluding carboxylic acids is 1. The molecule has 1 atom stereocenters. The molecule has 0 aliphatic heterocycles. The van der Waals surface area contributed by atoms with Crippen LogP contribution in [-0.2, 0) is 11.3 Å². The summed E-state index contributed by atoms with van der Waals surface area (Å²) < 4.78 is 1.54. The van der Waals surface area contributed by atoms with E-state index >= 15 is 0 Å². The van der Waals surface area contributed by atoms with Crippen LogP contribution in [0.25, 0.3) is 0 Å². The topological polar surface area (TPSA) is 84.2 Å². The Morgan fingerprint density at radius 1 is 1.27 bits per heavy atom. The van der Waals surface area contributed by atoms with Gasteiger partial charge in [-0.2, -0.15) is 5.10 Å². The average molecular weight is 359 g/mol. The fourth-order valence-corrected chi connectivity index (χ4v) is 6.38. The molecule has 1 aromatic rings. The quantitative estimate of drug-likeness (QED) is 0.783. The molecule has 1 amide bonds. The third-order valence-corrected chi connectivity index (χ3v) is 7.00. The number of carboxylic acids is 1. The zero-order valence-corrected chi connectivity index (χ0v) is 15.5. The van der Waals surface area contributed by atoms with E-state index in [2.05, 4.69) is 17.3 Å². The minimum absolute atomic E-state index is 0.0189. The van der Waals surface area contributed by atoms with Crippen LogP contribution in [0.5, 0.6) is 0 Å². The summed E-state index contributed by atoms with van der Waals surface area (Å²) in [6, 6.07) is 1.74. The van der Waals surface area contributed by atoms with Crippen LogP contribution >= 0.6 is 0 Å². The number of aromatic nitrogens is 2. The maximum Gasteiger partial charge on any atom is 0.356 e. The van der Waals surface area contributed by atoms with Crippen molar-refractivity contribution in [2.45, 2.75) is 70.9 Å². The molecule has 5 rings (SSSR count). The molecular formula is C20H29N3O3. The summed E-state index contributed by atoms with van der Waals surface area (Å²) in [5, 5.41) is 16.2. The first-order valence-electron chi connectivity index (χ1n) is 10.0. The summed E-state index contributed by atoms with van der Waals surface area (Å²) in [5.74, 6) is 1.66. The van der Waals surface area contributed by atoms with E-state index in [1.54, 1.807) is 6.20 Å². The Morgan fingerprint density at radius 3 is 2.38 bits per heavy atom. The Hall–Kier alpha value is -1.85. The van der Waals surface area contributed by atoms with Gasteiger partial charge in [0, 0.05) is 25.2 Å². The van der Waals surface area contributed by atoms with Gasteiger partial charge in [-0.25, -0.2) is 4.79 Å². The van der Waals surface area contributed by atoms with Crippen molar-refractivity contribution in [2.24, 2.45) is 23.2 Å². The smallest absolute Gasteiger partial charge is 0.356 e. The first kappa shape index (κ1) is 17.6. The number of nitrogens with one attached hydrogen (secondary N) is 1. The van der Waals surface area contributed by atoms with Gasteiger partial charge in [0.1, 0.15) is 0 Å². The fourth-order valence-electron chi connectivity index (χ4n) is 6.38. The lowest BCUT2D eigenvalue weighted by Crippen LogP contribution is -2.56. The molecule has 1 unspecified atom stereocenters. The van der Waals surface area contributed by atoms with Crippen LogP contribution in [0.3, 0.4) is 0 Å². The molecule has 4 aliphatic rings. The van der Waals surface area contributed by atoms with Gasteiger partial charge in [0.05, 0.1) is 0 Å². The molecule has 0 spiro atoms. The van der Waals surface area contributed by atoms with E-state index in [1.165, 1.54) is 49.3 Å². The van der Waals surface area contributed by atoms with Gasteiger partial charge in [-0.1, -0.05) is 6.92 Å². The van der Waals surface area contributed by atoms with Gasteiger partial charge < -0.3 is 10.4 Å². The summed E-state index contributed by atoms with van der Waals surface area (Å²) in [7, 11) is 0. The first-order chi connectivity index (χ1) is 12.5. The monoisotopic (exact) mass is 359 g/mol. The second kappa shape index (κ2) is 6.71. The number of aromatic carboxylic acids is 1. The number of hydrogen-bond acceptors (Lipinski definition) is 3. The molecule has 0 aromatic carbocycles. The highest BCUT2D eigenvalue weighted by Crippen LogP contribution is 2.61. The minimum Gasteiger partial charge on any atom is -0.476 e. The second-order valence-corrected chi connectivity index (χ2v) is 8.83. The number of rotatable bonds is 7. The van der Waals surface area contributed by atoms with Gasteiger partial charge in [-0.15, -0.1) is 0 Å². The maximum absolute atomic E-state index is 12.6. The lowest BCUT2D eigenvalue weighted by atomic mass is 9.47. The lowest BCUT2D eigenvalue weighted by Gasteiger charge is -2.59. The highest BCUT2D eigenvalue weighted by molar-refractivity contribution is 5.85. The number of amides is 1. The van der Waals surface area contributed by atoms with Crippen molar-refractivity contribution < 1.29 is 14.7 Å². The van der Waals surface area contributed by atoms with Crippen molar-refractivity contribution in [1.82, 2.24) is 15.1 Å². The van der Waals surface area contributed by atoms with E-state index in [4.69, 9.17) is 5.11 Å². The third kappa shape index (κ3) is 3.26. The molecule has 142 valence electrons. The van der Waals surface area contributed by atoms with E-state index in [9.17, 15) is 9.59 Å². The Labute approximate surface area is 154 Å². The molecule has 26 heavy (non-hydrogen) atoms. The summed E-state index contributed by atoms with van der Waals surface area (Å²) in [6.07, 6.45) is 11.1. The van der Waals surface area contributed by atoms with Crippen LogP contribution in [-0.4, -0.2) is 32.8 Å². The van der Waals surface area contributed by atoms with E-state index in [1.807, 2.05) is 0 Å². The Kier molecular flexibility index (Phi) is 4.53. The molecular weight excluding hydrogens is 330 g/mol. The predicted molar refractivity (Wildman–Crippen MR) is 96.6 cm³/mol. The molecule has 1 aromatic heterocycles. The van der Waals surface area contributed by atoms with E-state index in [0.29, 0.717) is 18.4 Å². The highest BCUT2D eigenvalue weighted by Gasteiger charge is 2.53. The van der Waals surface area contributed by atoms with Gasteiger partial charge in [0.15, 0.2) is 5.69 Å². The van der Waals surface area contributed by atoms with Crippen LogP contribution in [0.4, 0.5) is 0 Å². The second-order valence-electron chi connectivity index (χ2n) is 8.83. The average Bonchev–Trinajstić information content (AvgIpc) is 3.06. The van der Waals surface area contributed by atoms with Crippen LogP contribution in [0.15, 0.2) is 12.3 Å². The van der Waals surface area contributed by atoms with Crippen LogP contribution in [0.1, 0.15) is 68.8 Å². The number of aryl methyl sites for hydroxylation is 1. The number of nitrogens with zero attached hydrogens (tertiary/aromatic N) is 2. The van der Waals surface area contributed by atoms with E-state index in [0.717, 1.165) is 24.2 Å². The van der Waals surface area contributed by atoms with E-state index in [-0.39, 0.29) is 17.6 Å². The Bertz CT molecular complexity index is 661. The number of hydrogen-bond donors (Lipinski definition) is 2. The Morgan fingerprint density at radius 2 is 1.88 bits per heavy atom.